The molecule has 0 unspecified atom stereocenters. The van der Waals surface area contributed by atoms with Crippen molar-refractivity contribution in [2.45, 2.75) is 0 Å². The van der Waals surface area contributed by atoms with E-state index in [1.165, 1.54) is 0 Å². The maximum Gasteiger partial charge on any atom is 0.288 e. The largest absolute Gasteiger partial charge is 0.395 e. The minimum Gasteiger partial charge on any atom is -0.395 e. The molecule has 0 spiro atoms. The smallest absolute Gasteiger partial charge is 0.288 e. The normalized spacial score (nSPS) is 16.0. The summed E-state index contributed by atoms with van der Waals surface area (Å²) in [6.45, 7) is 2.92. The molecule has 0 aromatic carbocycles. The Morgan fingerprint density at radius 3 is 2.67 bits per heavy atom. The summed E-state index contributed by atoms with van der Waals surface area (Å²) in [5.41, 5.74) is 5.44. The summed E-state index contributed by atoms with van der Waals surface area (Å²) in [6.07, 6.45) is 1.03. The average molecular weight is 295 g/mol. The van der Waals surface area contributed by atoms with Gasteiger partial charge in [-0.05, 0) is 0 Å². The highest BCUT2D eigenvalue weighted by Crippen LogP contribution is 2.19. The second-order valence-corrected chi connectivity index (χ2v) is 4.74. The highest BCUT2D eigenvalue weighted by atomic mass is 16.6. The number of rotatable bonds is 4. The number of pyridine rings is 1. The predicted molar refractivity (Wildman–Crippen MR) is 74.7 cm³/mol. The lowest BCUT2D eigenvalue weighted by molar-refractivity contribution is -0.385. The summed E-state index contributed by atoms with van der Waals surface area (Å²) in [5, 5.41) is 19.6. The Bertz CT molecular complexity index is 542. The molecule has 1 aromatic heterocycles. The number of nitro groups is 1. The zero-order chi connectivity index (χ0) is 15.4. The van der Waals surface area contributed by atoms with Gasteiger partial charge in [0.05, 0.1) is 17.1 Å². The summed E-state index contributed by atoms with van der Waals surface area (Å²) in [5.74, 6) is -0.365. The van der Waals surface area contributed by atoms with E-state index in [1.807, 2.05) is 4.90 Å². The number of carbonyl (C=O) groups excluding carboxylic acids is 1. The molecule has 0 bridgehead atoms. The first-order valence-electron chi connectivity index (χ1n) is 6.55. The van der Waals surface area contributed by atoms with Crippen LogP contribution in [0.2, 0.25) is 0 Å². The number of carbonyl (C=O) groups is 1. The van der Waals surface area contributed by atoms with E-state index in [0.29, 0.717) is 32.7 Å². The zero-order valence-electron chi connectivity index (χ0n) is 11.4. The van der Waals surface area contributed by atoms with Gasteiger partial charge in [-0.25, -0.2) is 4.98 Å². The highest BCUT2D eigenvalue weighted by Gasteiger charge is 2.25. The number of piperazine rings is 1. The molecule has 9 nitrogen and oxygen atoms in total. The number of aliphatic hydroxyl groups is 1. The van der Waals surface area contributed by atoms with Crippen molar-refractivity contribution in [2.75, 3.05) is 45.1 Å². The Hall–Kier alpha value is -2.26. The fourth-order valence-corrected chi connectivity index (χ4v) is 2.22. The Morgan fingerprint density at radius 1 is 1.43 bits per heavy atom. The minimum absolute atomic E-state index is 0.0108. The molecule has 2 rings (SSSR count). The molecule has 114 valence electrons. The van der Waals surface area contributed by atoms with Crippen LogP contribution in [0, 0.1) is 10.1 Å². The van der Waals surface area contributed by atoms with Gasteiger partial charge in [0.25, 0.3) is 11.6 Å². The predicted octanol–water partition coefficient (Wildman–Crippen LogP) is -0.678. The van der Waals surface area contributed by atoms with E-state index in [4.69, 9.17) is 10.8 Å². The number of β-amino-alcohol motifs (C(OH)–C–C–N with tert-alkyl or cyclic N) is 1. The third kappa shape index (κ3) is 3.44. The number of anilines is 1. The molecule has 0 radical (unpaired) electrons. The first-order chi connectivity index (χ1) is 10.0. The maximum atomic E-state index is 12.4. The number of aliphatic hydroxyl groups excluding tert-OH is 1. The number of aromatic nitrogens is 1. The molecule has 1 aromatic rings. The fraction of sp³-hybridized carbons (Fsp3) is 0.500. The van der Waals surface area contributed by atoms with Crippen LogP contribution in [0.3, 0.4) is 0 Å². The van der Waals surface area contributed by atoms with Crippen molar-refractivity contribution in [2.24, 2.45) is 0 Å². The van der Waals surface area contributed by atoms with E-state index in [1.54, 1.807) is 4.90 Å². The zero-order valence-corrected chi connectivity index (χ0v) is 11.4. The van der Waals surface area contributed by atoms with Crippen LogP contribution in [-0.4, -0.2) is 70.1 Å². The van der Waals surface area contributed by atoms with Crippen LogP contribution in [0.25, 0.3) is 0 Å². The molecule has 21 heavy (non-hydrogen) atoms. The lowest BCUT2D eigenvalue weighted by atomic mass is 10.2. The van der Waals surface area contributed by atoms with Crippen LogP contribution in [0.4, 0.5) is 11.5 Å². The molecule has 1 aliphatic heterocycles. The molecule has 1 aliphatic rings. The van der Waals surface area contributed by atoms with Crippen molar-refractivity contribution in [3.05, 3.63) is 27.9 Å². The number of nitrogen functional groups attached to an aromatic ring is 1. The Labute approximate surface area is 121 Å². The summed E-state index contributed by atoms with van der Waals surface area (Å²) in [4.78, 5) is 29.8. The Balaban J connectivity index is 2.10. The van der Waals surface area contributed by atoms with Crippen LogP contribution < -0.4 is 5.73 Å². The van der Waals surface area contributed by atoms with E-state index < -0.39 is 4.92 Å². The van der Waals surface area contributed by atoms with Gasteiger partial charge in [-0.2, -0.15) is 0 Å². The van der Waals surface area contributed by atoms with Crippen LogP contribution in [0.15, 0.2) is 12.3 Å². The van der Waals surface area contributed by atoms with Gasteiger partial charge in [0.15, 0.2) is 0 Å². The number of hydrogen-bond donors (Lipinski definition) is 2. The fourth-order valence-electron chi connectivity index (χ4n) is 2.22. The molecule has 1 fully saturated rings. The van der Waals surface area contributed by atoms with Crippen molar-refractivity contribution in [1.29, 1.82) is 0 Å². The van der Waals surface area contributed by atoms with Gasteiger partial charge in [0, 0.05) is 38.8 Å². The van der Waals surface area contributed by atoms with Gasteiger partial charge >= 0.3 is 0 Å². The molecular weight excluding hydrogens is 278 g/mol. The summed E-state index contributed by atoms with van der Waals surface area (Å²) in [6, 6.07) is 1.16. The number of hydrogen-bond acceptors (Lipinski definition) is 7. The molecule has 0 aliphatic carbocycles. The molecule has 9 heteroatoms. The minimum atomic E-state index is -0.609. The average Bonchev–Trinajstić information content (AvgIpc) is 2.48. The highest BCUT2D eigenvalue weighted by molar-refractivity contribution is 5.98. The standard InChI is InChI=1S/C12H17N5O4/c13-11-10(7-9(8-14-11)17(20)21)12(19)16-3-1-15(2-4-16)5-6-18/h7-8,18H,1-6H2,(H2,13,14). The van der Waals surface area contributed by atoms with Crippen molar-refractivity contribution >= 4 is 17.4 Å². The van der Waals surface area contributed by atoms with Gasteiger partial charge in [-0.15, -0.1) is 0 Å². The van der Waals surface area contributed by atoms with Crippen molar-refractivity contribution in [1.82, 2.24) is 14.8 Å². The molecule has 1 saturated heterocycles. The SMILES string of the molecule is Nc1ncc([N+](=O)[O-])cc1C(=O)N1CCN(CCO)CC1. The topological polar surface area (TPSA) is 126 Å². The van der Waals surface area contributed by atoms with E-state index >= 15 is 0 Å². The molecule has 0 saturated carbocycles. The van der Waals surface area contributed by atoms with Crippen LogP contribution >= 0.6 is 0 Å². The Morgan fingerprint density at radius 2 is 2.10 bits per heavy atom. The van der Waals surface area contributed by atoms with E-state index in [0.717, 1.165) is 12.3 Å². The van der Waals surface area contributed by atoms with Gasteiger partial charge in [0.1, 0.15) is 12.0 Å². The van der Waals surface area contributed by atoms with Crippen LogP contribution in [-0.2, 0) is 0 Å². The lowest BCUT2D eigenvalue weighted by Gasteiger charge is -2.34. The summed E-state index contributed by atoms with van der Waals surface area (Å²) < 4.78 is 0. The van der Waals surface area contributed by atoms with Crippen LogP contribution in [0.1, 0.15) is 10.4 Å². The van der Waals surface area contributed by atoms with Crippen molar-refractivity contribution < 1.29 is 14.8 Å². The van der Waals surface area contributed by atoms with Gasteiger partial charge in [0.2, 0.25) is 0 Å². The lowest BCUT2D eigenvalue weighted by Crippen LogP contribution is -2.49. The van der Waals surface area contributed by atoms with E-state index in [2.05, 4.69) is 4.98 Å². The monoisotopic (exact) mass is 295 g/mol. The summed E-state index contributed by atoms with van der Waals surface area (Å²) in [7, 11) is 0. The third-order valence-electron chi connectivity index (χ3n) is 3.42. The third-order valence-corrected chi connectivity index (χ3v) is 3.42. The van der Waals surface area contributed by atoms with Crippen molar-refractivity contribution in [3.8, 4) is 0 Å². The van der Waals surface area contributed by atoms with E-state index in [9.17, 15) is 14.9 Å². The van der Waals surface area contributed by atoms with Crippen molar-refractivity contribution in [3.63, 3.8) is 0 Å². The van der Waals surface area contributed by atoms with Gasteiger partial charge in [-0.3, -0.25) is 19.8 Å². The van der Waals surface area contributed by atoms with Gasteiger partial charge in [-0.1, -0.05) is 0 Å². The summed E-state index contributed by atoms with van der Waals surface area (Å²) >= 11 is 0. The quantitative estimate of drug-likeness (QED) is 0.556. The number of nitrogens with zero attached hydrogens (tertiary/aromatic N) is 4. The number of nitrogens with two attached hydrogens (primary N) is 1. The van der Waals surface area contributed by atoms with Crippen LogP contribution in [0.5, 0.6) is 0 Å². The Kier molecular flexibility index (Phi) is 4.66. The first-order valence-corrected chi connectivity index (χ1v) is 6.55. The molecule has 3 N–H and O–H groups in total. The second-order valence-electron chi connectivity index (χ2n) is 4.74. The second kappa shape index (κ2) is 6.46. The van der Waals surface area contributed by atoms with Gasteiger partial charge < -0.3 is 15.7 Å². The van der Waals surface area contributed by atoms with E-state index in [-0.39, 0.29) is 29.6 Å². The molecule has 1 amide bonds. The molecule has 0 atom stereocenters. The number of amides is 1. The first kappa shape index (κ1) is 15.1. The molecular formula is C12H17N5O4. The molecule has 2 heterocycles. The maximum absolute atomic E-state index is 12.4.